The highest BCUT2D eigenvalue weighted by Crippen LogP contribution is 2.29. The van der Waals surface area contributed by atoms with Crippen molar-refractivity contribution in [2.45, 2.75) is 25.1 Å². The van der Waals surface area contributed by atoms with E-state index in [1.54, 1.807) is 0 Å². The van der Waals surface area contributed by atoms with E-state index in [-0.39, 0.29) is 18.4 Å². The average molecular weight is 386 g/mol. The Hall–Kier alpha value is -1.64. The topological polar surface area (TPSA) is 50.8 Å². The maximum Gasteiger partial charge on any atom is 0.416 e. The number of nitrogens with one attached hydrogen (secondary N) is 1. The van der Waals surface area contributed by atoms with Gasteiger partial charge in [-0.05, 0) is 24.1 Å². The van der Waals surface area contributed by atoms with Crippen LogP contribution in [0.3, 0.4) is 0 Å². The zero-order valence-corrected chi connectivity index (χ0v) is 15.1. The molecule has 2 atom stereocenters. The Morgan fingerprint density at radius 3 is 2.44 bits per heavy atom. The first-order chi connectivity index (χ1) is 12.9. The zero-order valence-electron chi connectivity index (χ0n) is 15.1. The number of benzene rings is 1. The first kappa shape index (κ1) is 20.1. The Bertz CT molecular complexity index is 610. The Morgan fingerprint density at radius 2 is 1.85 bits per heavy atom. The van der Waals surface area contributed by atoms with Gasteiger partial charge in [-0.15, -0.1) is 0 Å². The molecule has 3 rings (SSSR count). The Balaban J connectivity index is 1.54. The summed E-state index contributed by atoms with van der Waals surface area (Å²) in [4.78, 5) is 14.6. The van der Waals surface area contributed by atoms with E-state index >= 15 is 0 Å². The fraction of sp³-hybridized carbons (Fsp3) is 0.632. The van der Waals surface area contributed by atoms with E-state index in [1.807, 2.05) is 0 Å². The molecule has 5 nitrogen and oxygen atoms in total. The van der Waals surface area contributed by atoms with Crippen molar-refractivity contribution in [2.75, 3.05) is 46.1 Å². The molecule has 150 valence electrons. The van der Waals surface area contributed by atoms with Crippen LogP contribution in [0.1, 0.15) is 17.5 Å². The quantitative estimate of drug-likeness (QED) is 0.814. The fourth-order valence-corrected chi connectivity index (χ4v) is 3.64. The van der Waals surface area contributed by atoms with E-state index in [2.05, 4.69) is 10.2 Å². The Labute approximate surface area is 156 Å². The van der Waals surface area contributed by atoms with Crippen LogP contribution in [0.5, 0.6) is 0 Å². The van der Waals surface area contributed by atoms with Crippen molar-refractivity contribution in [1.29, 1.82) is 0 Å². The predicted octanol–water partition coefficient (Wildman–Crippen LogP) is 2.10. The van der Waals surface area contributed by atoms with Crippen molar-refractivity contribution < 1.29 is 27.4 Å². The molecule has 1 aromatic carbocycles. The summed E-state index contributed by atoms with van der Waals surface area (Å²) >= 11 is 0. The van der Waals surface area contributed by atoms with Crippen LogP contribution in [-0.2, 0) is 26.9 Å². The van der Waals surface area contributed by atoms with Gasteiger partial charge >= 0.3 is 6.18 Å². The summed E-state index contributed by atoms with van der Waals surface area (Å²) in [5.41, 5.74) is -0.145. The molecule has 8 heteroatoms. The average Bonchev–Trinajstić information content (AvgIpc) is 3.17. The van der Waals surface area contributed by atoms with Crippen molar-refractivity contribution in [1.82, 2.24) is 10.2 Å². The minimum Gasteiger partial charge on any atom is -0.381 e. The lowest BCUT2D eigenvalue weighted by molar-refractivity contribution is -0.137. The first-order valence-corrected chi connectivity index (χ1v) is 9.26. The van der Waals surface area contributed by atoms with Crippen molar-refractivity contribution in [3.8, 4) is 0 Å². The first-order valence-electron chi connectivity index (χ1n) is 9.26. The van der Waals surface area contributed by atoms with Crippen LogP contribution in [0.2, 0.25) is 0 Å². The predicted molar refractivity (Wildman–Crippen MR) is 93.3 cm³/mol. The number of morpholine rings is 1. The summed E-state index contributed by atoms with van der Waals surface area (Å²) in [6.45, 7) is 4.97. The van der Waals surface area contributed by atoms with Gasteiger partial charge in [0, 0.05) is 38.2 Å². The van der Waals surface area contributed by atoms with Crippen molar-refractivity contribution in [3.63, 3.8) is 0 Å². The molecule has 1 amide bonds. The summed E-state index contributed by atoms with van der Waals surface area (Å²) in [7, 11) is 0. The number of halogens is 3. The number of hydrogen-bond acceptors (Lipinski definition) is 4. The minimum atomic E-state index is -4.37. The molecule has 2 saturated heterocycles. The van der Waals surface area contributed by atoms with E-state index in [0.717, 1.165) is 38.2 Å². The van der Waals surface area contributed by atoms with Gasteiger partial charge in [0.25, 0.3) is 0 Å². The molecular weight excluding hydrogens is 361 g/mol. The normalized spacial score (nSPS) is 22.6. The number of alkyl halides is 3. The summed E-state index contributed by atoms with van der Waals surface area (Å²) in [5.74, 6) is 0.182. The molecule has 2 unspecified atom stereocenters. The number of rotatable bonds is 6. The third-order valence-corrected chi connectivity index (χ3v) is 5.18. The smallest absolute Gasteiger partial charge is 0.381 e. The Morgan fingerprint density at radius 1 is 1.15 bits per heavy atom. The van der Waals surface area contributed by atoms with Gasteiger partial charge < -0.3 is 14.8 Å². The van der Waals surface area contributed by atoms with Crippen LogP contribution < -0.4 is 5.32 Å². The van der Waals surface area contributed by atoms with Gasteiger partial charge in [0.05, 0.1) is 31.8 Å². The summed E-state index contributed by atoms with van der Waals surface area (Å²) in [6.07, 6.45) is -3.33. The maximum absolute atomic E-state index is 12.6. The highest BCUT2D eigenvalue weighted by molar-refractivity contribution is 5.78. The van der Waals surface area contributed by atoms with E-state index < -0.39 is 11.7 Å². The highest BCUT2D eigenvalue weighted by Gasteiger charge is 2.32. The molecule has 0 aromatic heterocycles. The molecule has 2 heterocycles. The van der Waals surface area contributed by atoms with Crippen molar-refractivity contribution >= 4 is 5.91 Å². The lowest BCUT2D eigenvalue weighted by Crippen LogP contribution is -2.52. The molecule has 1 N–H and O–H groups in total. The van der Waals surface area contributed by atoms with Gasteiger partial charge in [-0.2, -0.15) is 13.2 Å². The largest absolute Gasteiger partial charge is 0.416 e. The standard InChI is InChI=1S/C19H25F3N2O3/c20-19(21,22)16-3-1-14(2-4-16)11-18(25)23-12-17(15-5-8-27-13-15)24-6-9-26-10-7-24/h1-4,15,17H,5-13H2,(H,23,25). The number of ether oxygens (including phenoxy) is 2. The van der Waals surface area contributed by atoms with Gasteiger partial charge in [-0.3, -0.25) is 9.69 Å². The molecule has 2 fully saturated rings. The molecule has 2 aliphatic rings. The molecule has 0 saturated carbocycles. The van der Waals surface area contributed by atoms with Gasteiger partial charge in [0.2, 0.25) is 5.91 Å². The van der Waals surface area contributed by atoms with Crippen LogP contribution in [0, 0.1) is 5.92 Å². The molecular formula is C19H25F3N2O3. The van der Waals surface area contributed by atoms with Crippen LogP contribution in [0.15, 0.2) is 24.3 Å². The maximum atomic E-state index is 12.6. The van der Waals surface area contributed by atoms with Crippen LogP contribution >= 0.6 is 0 Å². The highest BCUT2D eigenvalue weighted by atomic mass is 19.4. The van der Waals surface area contributed by atoms with Crippen LogP contribution in [0.4, 0.5) is 13.2 Å². The molecule has 0 radical (unpaired) electrons. The van der Waals surface area contributed by atoms with E-state index in [0.29, 0.717) is 37.8 Å². The third-order valence-electron chi connectivity index (χ3n) is 5.18. The third kappa shape index (κ3) is 5.67. The molecule has 2 aliphatic heterocycles. The van der Waals surface area contributed by atoms with Crippen molar-refractivity contribution in [3.05, 3.63) is 35.4 Å². The van der Waals surface area contributed by atoms with Gasteiger partial charge in [-0.25, -0.2) is 0 Å². The summed E-state index contributed by atoms with van der Waals surface area (Å²) in [5, 5.41) is 2.95. The lowest BCUT2D eigenvalue weighted by Gasteiger charge is -2.37. The van der Waals surface area contributed by atoms with Gasteiger partial charge in [0.15, 0.2) is 0 Å². The lowest BCUT2D eigenvalue weighted by atomic mass is 9.96. The molecule has 0 bridgehead atoms. The fourth-order valence-electron chi connectivity index (χ4n) is 3.64. The molecule has 27 heavy (non-hydrogen) atoms. The Kier molecular flexibility index (Phi) is 6.73. The summed E-state index contributed by atoms with van der Waals surface area (Å²) in [6, 6.07) is 4.91. The number of nitrogens with zero attached hydrogens (tertiary/aromatic N) is 1. The second kappa shape index (κ2) is 9.03. The molecule has 1 aromatic rings. The van der Waals surface area contributed by atoms with E-state index in [4.69, 9.17) is 9.47 Å². The summed E-state index contributed by atoms with van der Waals surface area (Å²) < 4.78 is 48.8. The monoisotopic (exact) mass is 386 g/mol. The zero-order chi connectivity index (χ0) is 19.3. The van der Waals surface area contributed by atoms with Crippen molar-refractivity contribution in [2.24, 2.45) is 5.92 Å². The number of carbonyl (C=O) groups is 1. The SMILES string of the molecule is O=C(Cc1ccc(C(F)(F)F)cc1)NCC(C1CCOC1)N1CCOCC1. The molecule has 0 spiro atoms. The van der Waals surface area contributed by atoms with Crippen LogP contribution in [-0.4, -0.2) is 62.9 Å². The van der Waals surface area contributed by atoms with E-state index in [9.17, 15) is 18.0 Å². The second-order valence-corrected chi connectivity index (χ2v) is 7.01. The van der Waals surface area contributed by atoms with Gasteiger partial charge in [-0.1, -0.05) is 12.1 Å². The number of carbonyl (C=O) groups excluding carboxylic acids is 1. The molecule has 0 aliphatic carbocycles. The minimum absolute atomic E-state index is 0.0646. The number of hydrogen-bond donors (Lipinski definition) is 1. The second-order valence-electron chi connectivity index (χ2n) is 7.01. The number of amides is 1. The van der Waals surface area contributed by atoms with E-state index in [1.165, 1.54) is 12.1 Å². The van der Waals surface area contributed by atoms with Crippen LogP contribution in [0.25, 0.3) is 0 Å². The van der Waals surface area contributed by atoms with Gasteiger partial charge in [0.1, 0.15) is 0 Å².